The minimum absolute atomic E-state index is 0.112. The van der Waals surface area contributed by atoms with Crippen molar-refractivity contribution in [1.82, 2.24) is 0 Å². The van der Waals surface area contributed by atoms with Gasteiger partial charge in [-0.2, -0.15) is 0 Å². The lowest BCUT2D eigenvalue weighted by molar-refractivity contribution is 0.0161. The second-order valence-electron chi connectivity index (χ2n) is 9.63. The first-order valence-corrected chi connectivity index (χ1v) is 12.7. The first-order valence-electron chi connectivity index (χ1n) is 12.7. The van der Waals surface area contributed by atoms with E-state index in [4.69, 9.17) is 4.74 Å². The van der Waals surface area contributed by atoms with Crippen LogP contribution in [0.3, 0.4) is 0 Å². The average molecular weight is 411 g/mol. The monoisotopic (exact) mass is 410 g/mol. The van der Waals surface area contributed by atoms with Crippen molar-refractivity contribution in [2.24, 2.45) is 11.8 Å². The van der Waals surface area contributed by atoms with Gasteiger partial charge in [-0.15, -0.1) is 0 Å². The Labute approximate surface area is 184 Å². The van der Waals surface area contributed by atoms with E-state index in [0.717, 1.165) is 31.1 Å². The highest BCUT2D eigenvalue weighted by Gasteiger charge is 2.24. The van der Waals surface area contributed by atoms with Gasteiger partial charge >= 0.3 is 5.97 Å². The van der Waals surface area contributed by atoms with Gasteiger partial charge in [0.1, 0.15) is 6.10 Å². The molecule has 1 aromatic rings. The van der Waals surface area contributed by atoms with Gasteiger partial charge in [0.15, 0.2) is 0 Å². The molecule has 1 atom stereocenters. The Morgan fingerprint density at radius 2 is 1.63 bits per heavy atom. The maximum Gasteiger partial charge on any atom is 0.338 e. The van der Waals surface area contributed by atoms with Gasteiger partial charge in [0.25, 0.3) is 0 Å². The Hall–Kier alpha value is -1.57. The molecule has 2 aliphatic rings. The predicted octanol–water partition coefficient (Wildman–Crippen LogP) is 8.36. The van der Waals surface area contributed by atoms with Crippen molar-refractivity contribution in [2.45, 2.75) is 110 Å². The molecule has 2 aliphatic carbocycles. The average Bonchev–Trinajstić information content (AvgIpc) is 2.79. The number of hydrogen-bond donors (Lipinski definition) is 0. The van der Waals surface area contributed by atoms with Gasteiger partial charge in [0.05, 0.1) is 5.56 Å². The van der Waals surface area contributed by atoms with Crippen molar-refractivity contribution < 1.29 is 9.53 Å². The molecule has 0 saturated heterocycles. The van der Waals surface area contributed by atoms with Crippen molar-refractivity contribution in [2.75, 3.05) is 0 Å². The van der Waals surface area contributed by atoms with E-state index < -0.39 is 0 Å². The van der Waals surface area contributed by atoms with Crippen LogP contribution < -0.4 is 0 Å². The summed E-state index contributed by atoms with van der Waals surface area (Å²) in [4.78, 5) is 12.6. The lowest BCUT2D eigenvalue weighted by Crippen LogP contribution is -2.24. The summed E-state index contributed by atoms with van der Waals surface area (Å²) in [5.41, 5.74) is 3.41. The molecule has 2 heteroatoms. The first kappa shape index (κ1) is 23.1. The molecule has 1 unspecified atom stereocenters. The number of allylic oxidation sites excluding steroid dienone is 2. The van der Waals surface area contributed by atoms with Gasteiger partial charge in [-0.25, -0.2) is 4.79 Å². The summed E-state index contributed by atoms with van der Waals surface area (Å²) >= 11 is 0. The molecule has 2 nitrogen and oxygen atoms in total. The van der Waals surface area contributed by atoms with Crippen molar-refractivity contribution in [3.63, 3.8) is 0 Å². The van der Waals surface area contributed by atoms with Gasteiger partial charge in [0.2, 0.25) is 0 Å². The van der Waals surface area contributed by atoms with Crippen LogP contribution in [-0.4, -0.2) is 12.1 Å². The summed E-state index contributed by atoms with van der Waals surface area (Å²) in [5.74, 6) is 1.56. The Morgan fingerprint density at radius 1 is 0.867 bits per heavy atom. The zero-order valence-electron chi connectivity index (χ0n) is 19.3. The number of carbonyl (C=O) groups excluding carboxylic acids is 1. The van der Waals surface area contributed by atoms with Crippen molar-refractivity contribution in [3.8, 4) is 0 Å². The summed E-state index contributed by atoms with van der Waals surface area (Å²) in [6, 6.07) is 8.12. The number of hydrogen-bond acceptors (Lipinski definition) is 2. The molecule has 0 radical (unpaired) electrons. The summed E-state index contributed by atoms with van der Waals surface area (Å²) < 4.78 is 5.84. The molecule has 0 aromatic heterocycles. The maximum absolute atomic E-state index is 12.6. The van der Waals surface area contributed by atoms with E-state index in [1.165, 1.54) is 81.8 Å². The molecule has 0 spiro atoms. The zero-order chi connectivity index (χ0) is 21.2. The van der Waals surface area contributed by atoms with Crippen LogP contribution in [-0.2, 0) is 4.74 Å². The van der Waals surface area contributed by atoms with Gasteiger partial charge in [-0.3, -0.25) is 0 Å². The molecule has 0 amide bonds. The smallest absolute Gasteiger partial charge is 0.338 e. The Morgan fingerprint density at radius 3 is 2.27 bits per heavy atom. The summed E-state index contributed by atoms with van der Waals surface area (Å²) in [7, 11) is 0. The number of unbranched alkanes of at least 4 members (excludes halogenated alkanes) is 3. The molecular formula is C28H42O2. The second kappa shape index (κ2) is 12.3. The molecular weight excluding hydrogens is 368 g/mol. The fourth-order valence-electron chi connectivity index (χ4n) is 5.26. The van der Waals surface area contributed by atoms with Crippen LogP contribution in [0.25, 0.3) is 5.57 Å². The fourth-order valence-corrected chi connectivity index (χ4v) is 5.26. The Bertz CT molecular complexity index is 664. The van der Waals surface area contributed by atoms with E-state index in [1.54, 1.807) is 0 Å². The van der Waals surface area contributed by atoms with Gasteiger partial charge < -0.3 is 4.74 Å². The highest BCUT2D eigenvalue weighted by atomic mass is 16.5. The third-order valence-electron chi connectivity index (χ3n) is 7.24. The third-order valence-corrected chi connectivity index (χ3v) is 7.24. The fraction of sp³-hybridized carbons (Fsp3) is 0.679. The van der Waals surface area contributed by atoms with Gasteiger partial charge in [0, 0.05) is 0 Å². The molecule has 30 heavy (non-hydrogen) atoms. The first-order chi connectivity index (χ1) is 14.7. The van der Waals surface area contributed by atoms with E-state index in [2.05, 4.69) is 32.1 Å². The number of carbonyl (C=O) groups is 1. The molecule has 0 heterocycles. The quantitative estimate of drug-likeness (QED) is 0.286. The highest BCUT2D eigenvalue weighted by Crippen LogP contribution is 2.33. The molecule has 1 aromatic carbocycles. The predicted molar refractivity (Wildman–Crippen MR) is 127 cm³/mol. The molecule has 0 N–H and O–H groups in total. The van der Waals surface area contributed by atoms with E-state index >= 15 is 0 Å². The number of ether oxygens (including phenoxy) is 1. The minimum atomic E-state index is -0.145. The molecule has 1 fully saturated rings. The van der Waals surface area contributed by atoms with E-state index in [0.29, 0.717) is 5.56 Å². The Kier molecular flexibility index (Phi) is 9.49. The van der Waals surface area contributed by atoms with E-state index in [-0.39, 0.29) is 12.1 Å². The standard InChI is InChI=1S/C28H42O2/c1-3-5-6-7-9-23-12-20-27(21-13-23)30-28(29)26-18-16-25(17-19-26)24-14-10-22(8-4-2)11-15-24/h14,16-19,22-23,27H,3-13,15,20-21H2,1-2H3. The highest BCUT2D eigenvalue weighted by molar-refractivity contribution is 5.90. The molecule has 0 aliphatic heterocycles. The van der Waals surface area contributed by atoms with E-state index in [9.17, 15) is 4.79 Å². The molecule has 0 bridgehead atoms. The topological polar surface area (TPSA) is 26.3 Å². The third kappa shape index (κ3) is 7.00. The van der Waals surface area contributed by atoms with Crippen LogP contribution in [0.4, 0.5) is 0 Å². The molecule has 3 rings (SSSR count). The van der Waals surface area contributed by atoms with Gasteiger partial charge in [-0.05, 0) is 80.1 Å². The van der Waals surface area contributed by atoms with Crippen LogP contribution in [0, 0.1) is 11.8 Å². The Balaban J connectivity index is 1.42. The normalized spacial score (nSPS) is 24.3. The number of rotatable bonds is 10. The van der Waals surface area contributed by atoms with E-state index in [1.807, 2.05) is 12.1 Å². The van der Waals surface area contributed by atoms with Crippen LogP contribution in [0.5, 0.6) is 0 Å². The second-order valence-corrected chi connectivity index (χ2v) is 9.63. The van der Waals surface area contributed by atoms with Crippen LogP contribution in [0.1, 0.15) is 120 Å². The summed E-state index contributed by atoms with van der Waals surface area (Å²) in [6.07, 6.45) is 20.1. The SMILES string of the molecule is CCCCCCC1CCC(OC(=O)c2ccc(C3=CCC(CCC)CC3)cc2)CC1. The maximum atomic E-state index is 12.6. The van der Waals surface area contributed by atoms with Gasteiger partial charge in [-0.1, -0.05) is 77.0 Å². The van der Waals surface area contributed by atoms with Crippen molar-refractivity contribution >= 4 is 11.5 Å². The number of esters is 1. The summed E-state index contributed by atoms with van der Waals surface area (Å²) in [5, 5.41) is 0. The summed E-state index contributed by atoms with van der Waals surface area (Å²) in [6.45, 7) is 4.54. The largest absolute Gasteiger partial charge is 0.459 e. The lowest BCUT2D eigenvalue weighted by atomic mass is 9.84. The van der Waals surface area contributed by atoms with Crippen molar-refractivity contribution in [1.29, 1.82) is 0 Å². The van der Waals surface area contributed by atoms with Crippen LogP contribution in [0.2, 0.25) is 0 Å². The molecule has 1 saturated carbocycles. The molecule has 166 valence electrons. The lowest BCUT2D eigenvalue weighted by Gasteiger charge is -2.28. The zero-order valence-corrected chi connectivity index (χ0v) is 19.3. The van der Waals surface area contributed by atoms with Crippen LogP contribution in [0.15, 0.2) is 30.3 Å². The number of benzene rings is 1. The minimum Gasteiger partial charge on any atom is -0.459 e. The van der Waals surface area contributed by atoms with Crippen LogP contribution >= 0.6 is 0 Å². The van der Waals surface area contributed by atoms with Crippen molar-refractivity contribution in [3.05, 3.63) is 41.5 Å².